The summed E-state index contributed by atoms with van der Waals surface area (Å²) in [5, 5.41) is 0. The van der Waals surface area contributed by atoms with Crippen LogP contribution >= 0.6 is 15.9 Å². The van der Waals surface area contributed by atoms with E-state index >= 15 is 0 Å². The van der Waals surface area contributed by atoms with Gasteiger partial charge in [-0.3, -0.25) is 4.99 Å². The maximum Gasteiger partial charge on any atom is 0.174 e. The van der Waals surface area contributed by atoms with E-state index in [1.807, 2.05) is 19.3 Å². The van der Waals surface area contributed by atoms with Crippen molar-refractivity contribution in [2.24, 2.45) is 4.99 Å². The van der Waals surface area contributed by atoms with Crippen molar-refractivity contribution in [2.75, 3.05) is 21.3 Å². The molecule has 1 aromatic rings. The molecular formula is C13H16BrNO2. The molecule has 1 aliphatic carbocycles. The fraction of sp³-hybridized carbons (Fsp3) is 0.462. The minimum absolute atomic E-state index is 0.108. The second-order valence-electron chi connectivity index (χ2n) is 4.24. The summed E-state index contributed by atoms with van der Waals surface area (Å²) < 4.78 is 11.6. The Morgan fingerprint density at radius 2 is 2.00 bits per heavy atom. The van der Waals surface area contributed by atoms with Crippen LogP contribution < -0.4 is 9.47 Å². The predicted octanol–water partition coefficient (Wildman–Crippen LogP) is 3.20. The summed E-state index contributed by atoms with van der Waals surface area (Å²) in [5.74, 6) is 1.49. The standard InChI is InChI=1S/C13H16BrNO2/c1-15-8-13(4-5-13)9-6-10(14)12(17-3)11(7-9)16-2/h6-8H,4-5H2,1-3H3/b15-8+. The van der Waals surface area contributed by atoms with Gasteiger partial charge in [0, 0.05) is 18.7 Å². The van der Waals surface area contributed by atoms with Crippen molar-refractivity contribution in [2.45, 2.75) is 18.3 Å². The first-order valence-corrected chi connectivity index (χ1v) is 6.31. The lowest BCUT2D eigenvalue weighted by atomic mass is 9.97. The van der Waals surface area contributed by atoms with Gasteiger partial charge in [0.15, 0.2) is 11.5 Å². The molecule has 1 aromatic carbocycles. The molecule has 0 aromatic heterocycles. The van der Waals surface area contributed by atoms with Crippen molar-refractivity contribution in [1.29, 1.82) is 0 Å². The number of benzene rings is 1. The van der Waals surface area contributed by atoms with Crippen LogP contribution in [0.1, 0.15) is 18.4 Å². The highest BCUT2D eigenvalue weighted by Crippen LogP contribution is 2.50. The second kappa shape index (κ2) is 4.69. The molecule has 0 spiro atoms. The molecule has 1 aliphatic rings. The molecule has 17 heavy (non-hydrogen) atoms. The molecule has 92 valence electrons. The SMILES string of the molecule is C/N=C/C1(c2cc(Br)c(OC)c(OC)c2)CC1. The molecular weight excluding hydrogens is 282 g/mol. The number of rotatable bonds is 4. The lowest BCUT2D eigenvalue weighted by Crippen LogP contribution is -2.09. The van der Waals surface area contributed by atoms with E-state index in [1.54, 1.807) is 14.2 Å². The van der Waals surface area contributed by atoms with Crippen molar-refractivity contribution in [1.82, 2.24) is 0 Å². The highest BCUT2D eigenvalue weighted by Gasteiger charge is 2.43. The summed E-state index contributed by atoms with van der Waals surface area (Å²) in [5.41, 5.74) is 1.34. The van der Waals surface area contributed by atoms with Crippen LogP contribution in [0, 0.1) is 0 Å². The number of hydrogen-bond donors (Lipinski definition) is 0. The van der Waals surface area contributed by atoms with Gasteiger partial charge in [0.1, 0.15) is 0 Å². The molecule has 0 bridgehead atoms. The molecule has 1 fully saturated rings. The average Bonchev–Trinajstić information content (AvgIpc) is 3.09. The van der Waals surface area contributed by atoms with Crippen LogP contribution in [0.4, 0.5) is 0 Å². The lowest BCUT2D eigenvalue weighted by molar-refractivity contribution is 0.352. The van der Waals surface area contributed by atoms with Gasteiger partial charge in [-0.15, -0.1) is 0 Å². The number of ether oxygens (including phenoxy) is 2. The Morgan fingerprint density at radius 1 is 1.29 bits per heavy atom. The Balaban J connectivity index is 2.47. The summed E-state index contributed by atoms with van der Waals surface area (Å²) in [6.45, 7) is 0. The third-order valence-corrected chi connectivity index (χ3v) is 3.76. The second-order valence-corrected chi connectivity index (χ2v) is 5.09. The van der Waals surface area contributed by atoms with Gasteiger partial charge >= 0.3 is 0 Å². The maximum atomic E-state index is 5.36. The number of methoxy groups -OCH3 is 2. The number of nitrogens with zero attached hydrogens (tertiary/aromatic N) is 1. The minimum atomic E-state index is 0.108. The number of aliphatic imine (C=N–C) groups is 1. The van der Waals surface area contributed by atoms with E-state index < -0.39 is 0 Å². The van der Waals surface area contributed by atoms with E-state index in [4.69, 9.17) is 9.47 Å². The zero-order chi connectivity index (χ0) is 12.5. The van der Waals surface area contributed by atoms with Crippen LogP contribution in [0.15, 0.2) is 21.6 Å². The Morgan fingerprint density at radius 3 is 2.47 bits per heavy atom. The molecule has 0 unspecified atom stereocenters. The molecule has 1 saturated carbocycles. The Labute approximate surface area is 110 Å². The highest BCUT2D eigenvalue weighted by molar-refractivity contribution is 9.10. The minimum Gasteiger partial charge on any atom is -0.493 e. The van der Waals surface area contributed by atoms with Crippen molar-refractivity contribution < 1.29 is 9.47 Å². The van der Waals surface area contributed by atoms with Gasteiger partial charge in [-0.25, -0.2) is 0 Å². The smallest absolute Gasteiger partial charge is 0.174 e. The molecule has 3 nitrogen and oxygen atoms in total. The quantitative estimate of drug-likeness (QED) is 0.799. The Kier molecular flexibility index (Phi) is 3.43. The third kappa shape index (κ3) is 2.18. The highest BCUT2D eigenvalue weighted by atomic mass is 79.9. The molecule has 0 heterocycles. The van der Waals surface area contributed by atoms with Gasteiger partial charge in [0.25, 0.3) is 0 Å². The molecule has 0 atom stereocenters. The number of hydrogen-bond acceptors (Lipinski definition) is 3. The van der Waals surface area contributed by atoms with Crippen molar-refractivity contribution in [3.8, 4) is 11.5 Å². The van der Waals surface area contributed by atoms with E-state index in [0.717, 1.165) is 28.8 Å². The Bertz CT molecular complexity index is 453. The first kappa shape index (κ1) is 12.4. The predicted molar refractivity (Wildman–Crippen MR) is 72.6 cm³/mol. The normalized spacial score (nSPS) is 17.2. The summed E-state index contributed by atoms with van der Waals surface area (Å²) in [6, 6.07) is 4.13. The van der Waals surface area contributed by atoms with Crippen LogP contribution in [0.25, 0.3) is 0 Å². The van der Waals surface area contributed by atoms with Gasteiger partial charge in [-0.2, -0.15) is 0 Å². The zero-order valence-electron chi connectivity index (χ0n) is 10.3. The van der Waals surface area contributed by atoms with Crippen LogP contribution in [-0.2, 0) is 5.41 Å². The van der Waals surface area contributed by atoms with E-state index in [1.165, 1.54) is 5.56 Å². The van der Waals surface area contributed by atoms with E-state index in [0.29, 0.717) is 0 Å². The average molecular weight is 298 g/mol. The zero-order valence-corrected chi connectivity index (χ0v) is 11.9. The Hall–Kier alpha value is -1.03. The molecule has 4 heteroatoms. The molecule has 0 saturated heterocycles. The summed E-state index contributed by atoms with van der Waals surface area (Å²) in [7, 11) is 5.11. The topological polar surface area (TPSA) is 30.8 Å². The fourth-order valence-electron chi connectivity index (χ4n) is 2.08. The molecule has 2 rings (SSSR count). The largest absolute Gasteiger partial charge is 0.493 e. The monoisotopic (exact) mass is 297 g/mol. The summed E-state index contributed by atoms with van der Waals surface area (Å²) in [6.07, 6.45) is 4.32. The van der Waals surface area contributed by atoms with E-state index in [-0.39, 0.29) is 5.41 Å². The molecule has 0 N–H and O–H groups in total. The summed E-state index contributed by atoms with van der Waals surface area (Å²) in [4.78, 5) is 4.16. The van der Waals surface area contributed by atoms with Crippen LogP contribution in [0.2, 0.25) is 0 Å². The maximum absolute atomic E-state index is 5.36. The number of halogens is 1. The van der Waals surface area contributed by atoms with Crippen molar-refractivity contribution in [3.63, 3.8) is 0 Å². The first-order valence-electron chi connectivity index (χ1n) is 5.52. The van der Waals surface area contributed by atoms with E-state index in [2.05, 4.69) is 27.0 Å². The molecule has 0 aliphatic heterocycles. The van der Waals surface area contributed by atoms with Gasteiger partial charge < -0.3 is 9.47 Å². The van der Waals surface area contributed by atoms with Gasteiger partial charge in [0.2, 0.25) is 0 Å². The van der Waals surface area contributed by atoms with Crippen molar-refractivity contribution in [3.05, 3.63) is 22.2 Å². The van der Waals surface area contributed by atoms with Crippen LogP contribution in [-0.4, -0.2) is 27.5 Å². The molecule has 0 radical (unpaired) electrons. The lowest BCUT2D eigenvalue weighted by Gasteiger charge is -2.15. The first-order chi connectivity index (χ1) is 8.16. The van der Waals surface area contributed by atoms with Gasteiger partial charge in [0.05, 0.1) is 18.7 Å². The summed E-state index contributed by atoms with van der Waals surface area (Å²) >= 11 is 3.52. The van der Waals surface area contributed by atoms with Gasteiger partial charge in [-0.05, 0) is 46.5 Å². The third-order valence-electron chi connectivity index (χ3n) is 3.17. The van der Waals surface area contributed by atoms with Crippen molar-refractivity contribution >= 4 is 22.1 Å². The van der Waals surface area contributed by atoms with Gasteiger partial charge in [-0.1, -0.05) is 0 Å². The van der Waals surface area contributed by atoms with E-state index in [9.17, 15) is 0 Å². The van der Waals surface area contributed by atoms with Crippen LogP contribution in [0.5, 0.6) is 11.5 Å². The van der Waals surface area contributed by atoms with Crippen LogP contribution in [0.3, 0.4) is 0 Å². The molecule has 0 amide bonds. The fourth-order valence-corrected chi connectivity index (χ4v) is 2.68.